The quantitative estimate of drug-likeness (QED) is 0.818. The van der Waals surface area contributed by atoms with E-state index in [1.165, 1.54) is 0 Å². The molecule has 2 N–H and O–H groups in total. The molecule has 0 amide bonds. The zero-order chi connectivity index (χ0) is 15.3. The maximum Gasteiger partial charge on any atom is 0.242 e. The van der Waals surface area contributed by atoms with Gasteiger partial charge in [-0.05, 0) is 37.8 Å². The van der Waals surface area contributed by atoms with Gasteiger partial charge in [-0.1, -0.05) is 30.9 Å². The highest BCUT2D eigenvalue weighted by Crippen LogP contribution is 2.36. The maximum atomic E-state index is 12.6. The van der Waals surface area contributed by atoms with Gasteiger partial charge in [-0.15, -0.1) is 0 Å². The van der Waals surface area contributed by atoms with E-state index in [9.17, 15) is 8.42 Å². The van der Waals surface area contributed by atoms with E-state index < -0.39 is 10.0 Å². The maximum absolute atomic E-state index is 12.6. The summed E-state index contributed by atoms with van der Waals surface area (Å²) in [6.45, 7) is 1.98. The molecule has 1 aliphatic carbocycles. The van der Waals surface area contributed by atoms with Crippen molar-refractivity contribution in [3.05, 3.63) is 29.8 Å². The molecule has 0 radical (unpaired) electrons. The van der Waals surface area contributed by atoms with E-state index in [1.54, 1.807) is 24.3 Å². The summed E-state index contributed by atoms with van der Waals surface area (Å²) in [6, 6.07) is 6.73. The summed E-state index contributed by atoms with van der Waals surface area (Å²) in [6.07, 6.45) is 3.97. The highest BCUT2D eigenvalue weighted by atomic mass is 32.2. The van der Waals surface area contributed by atoms with Gasteiger partial charge in [0, 0.05) is 17.5 Å². The molecule has 2 rings (SSSR count). The molecule has 0 spiro atoms. The number of aliphatic hydroxyl groups excluding tert-OH is 1. The number of hydrogen-bond acceptors (Lipinski definition) is 3. The average Bonchev–Trinajstić information content (AvgIpc) is 2.44. The number of aliphatic hydroxyl groups is 1. The molecule has 1 aromatic rings. The molecule has 21 heavy (non-hydrogen) atoms. The van der Waals surface area contributed by atoms with Gasteiger partial charge in [-0.2, -0.15) is 0 Å². The van der Waals surface area contributed by atoms with E-state index in [0.717, 1.165) is 25.7 Å². The van der Waals surface area contributed by atoms with E-state index in [2.05, 4.69) is 16.6 Å². The summed E-state index contributed by atoms with van der Waals surface area (Å²) in [7, 11) is -3.57. The van der Waals surface area contributed by atoms with Gasteiger partial charge < -0.3 is 5.11 Å². The second kappa shape index (κ2) is 6.61. The molecule has 1 aromatic carbocycles. The van der Waals surface area contributed by atoms with Gasteiger partial charge in [-0.25, -0.2) is 13.1 Å². The Kier molecular flexibility index (Phi) is 5.04. The normalized spacial score (nSPS) is 16.7. The fourth-order valence-electron chi connectivity index (χ4n) is 2.49. The molecule has 5 heteroatoms. The Morgan fingerprint density at radius 3 is 2.62 bits per heavy atom. The number of hydrogen-bond donors (Lipinski definition) is 2. The molecular formula is C16H21NO3S. The summed E-state index contributed by atoms with van der Waals surface area (Å²) in [4.78, 5) is 0.218. The third kappa shape index (κ3) is 3.65. The minimum Gasteiger partial charge on any atom is -0.395 e. The molecule has 1 aliphatic rings. The molecule has 0 aliphatic heterocycles. The smallest absolute Gasteiger partial charge is 0.242 e. The first-order valence-corrected chi connectivity index (χ1v) is 8.74. The number of benzene rings is 1. The lowest BCUT2D eigenvalue weighted by Crippen LogP contribution is -2.52. The van der Waals surface area contributed by atoms with E-state index in [1.807, 2.05) is 6.92 Å². The van der Waals surface area contributed by atoms with Crippen molar-refractivity contribution in [1.29, 1.82) is 0 Å². The fourth-order valence-corrected chi connectivity index (χ4v) is 4.18. The number of sulfonamides is 1. The minimum absolute atomic E-state index is 0.0287. The Morgan fingerprint density at radius 2 is 2.05 bits per heavy atom. The lowest BCUT2D eigenvalue weighted by atomic mass is 9.76. The summed E-state index contributed by atoms with van der Waals surface area (Å²) < 4.78 is 28.1. The van der Waals surface area contributed by atoms with Crippen molar-refractivity contribution in [3.63, 3.8) is 0 Å². The van der Waals surface area contributed by atoms with Crippen LogP contribution in [0.2, 0.25) is 0 Å². The van der Waals surface area contributed by atoms with E-state index in [4.69, 9.17) is 5.11 Å². The van der Waals surface area contributed by atoms with Gasteiger partial charge in [0.15, 0.2) is 0 Å². The van der Waals surface area contributed by atoms with Crippen LogP contribution < -0.4 is 4.72 Å². The summed E-state index contributed by atoms with van der Waals surface area (Å²) in [5.74, 6) is 5.61. The first-order chi connectivity index (χ1) is 10.0. The molecule has 0 unspecified atom stereocenters. The lowest BCUT2D eigenvalue weighted by Gasteiger charge is -2.41. The summed E-state index contributed by atoms with van der Waals surface area (Å²) in [5, 5.41) is 8.76. The van der Waals surface area contributed by atoms with Crippen molar-refractivity contribution in [2.75, 3.05) is 6.61 Å². The fraction of sp³-hybridized carbons (Fsp3) is 0.500. The molecule has 114 valence electrons. The van der Waals surface area contributed by atoms with E-state index in [-0.39, 0.29) is 17.0 Å². The molecule has 4 nitrogen and oxygen atoms in total. The number of rotatable bonds is 5. The van der Waals surface area contributed by atoms with Gasteiger partial charge in [0.1, 0.15) is 0 Å². The zero-order valence-electron chi connectivity index (χ0n) is 12.2. The van der Waals surface area contributed by atoms with Gasteiger partial charge in [-0.3, -0.25) is 0 Å². The Labute approximate surface area is 126 Å². The van der Waals surface area contributed by atoms with Crippen LogP contribution in [-0.4, -0.2) is 25.7 Å². The minimum atomic E-state index is -3.57. The second-order valence-corrected chi connectivity index (χ2v) is 7.02. The Morgan fingerprint density at radius 1 is 1.33 bits per heavy atom. The monoisotopic (exact) mass is 307 g/mol. The van der Waals surface area contributed by atoms with Crippen LogP contribution >= 0.6 is 0 Å². The van der Waals surface area contributed by atoms with Gasteiger partial charge >= 0.3 is 0 Å². The van der Waals surface area contributed by atoms with Gasteiger partial charge in [0.2, 0.25) is 10.0 Å². The number of nitrogens with one attached hydrogen (secondary N) is 1. The Bertz CT molecular complexity index is 646. The van der Waals surface area contributed by atoms with Crippen LogP contribution in [0, 0.1) is 11.8 Å². The predicted molar refractivity (Wildman–Crippen MR) is 82.2 cm³/mol. The first kappa shape index (κ1) is 16.0. The second-order valence-electron chi connectivity index (χ2n) is 5.36. The van der Waals surface area contributed by atoms with Gasteiger partial charge in [0.25, 0.3) is 0 Å². The molecule has 0 heterocycles. The van der Waals surface area contributed by atoms with Crippen LogP contribution in [0.1, 0.15) is 44.6 Å². The highest BCUT2D eigenvalue weighted by molar-refractivity contribution is 7.89. The topological polar surface area (TPSA) is 66.4 Å². The Hall–Kier alpha value is -1.35. The van der Waals surface area contributed by atoms with Crippen LogP contribution in [0.4, 0.5) is 0 Å². The zero-order valence-corrected chi connectivity index (χ0v) is 13.0. The Balaban J connectivity index is 2.30. The summed E-state index contributed by atoms with van der Waals surface area (Å²) >= 11 is 0. The first-order valence-electron chi connectivity index (χ1n) is 7.26. The molecule has 1 saturated carbocycles. The highest BCUT2D eigenvalue weighted by Gasteiger charge is 2.39. The SMILES string of the molecule is CCC1(NS(=O)(=O)c2ccccc2C#CCCO)CCC1. The van der Waals surface area contributed by atoms with Crippen molar-refractivity contribution in [2.45, 2.75) is 49.5 Å². The van der Waals surface area contributed by atoms with Crippen LogP contribution in [0.25, 0.3) is 0 Å². The van der Waals surface area contributed by atoms with Crippen molar-refractivity contribution < 1.29 is 13.5 Å². The summed E-state index contributed by atoms with van der Waals surface area (Å²) in [5.41, 5.74) is 0.189. The van der Waals surface area contributed by atoms with Gasteiger partial charge in [0.05, 0.1) is 11.5 Å². The van der Waals surface area contributed by atoms with E-state index in [0.29, 0.717) is 12.0 Å². The van der Waals surface area contributed by atoms with Crippen molar-refractivity contribution in [3.8, 4) is 11.8 Å². The third-order valence-corrected chi connectivity index (χ3v) is 5.61. The molecule has 1 fully saturated rings. The largest absolute Gasteiger partial charge is 0.395 e. The molecule has 0 aromatic heterocycles. The van der Waals surface area contributed by atoms with Crippen LogP contribution in [0.15, 0.2) is 29.2 Å². The van der Waals surface area contributed by atoms with Crippen molar-refractivity contribution in [1.82, 2.24) is 4.72 Å². The van der Waals surface area contributed by atoms with Crippen molar-refractivity contribution in [2.24, 2.45) is 0 Å². The molecule has 0 saturated heterocycles. The van der Waals surface area contributed by atoms with Crippen LogP contribution in [0.5, 0.6) is 0 Å². The van der Waals surface area contributed by atoms with Crippen molar-refractivity contribution >= 4 is 10.0 Å². The van der Waals surface area contributed by atoms with E-state index >= 15 is 0 Å². The molecular weight excluding hydrogens is 286 g/mol. The molecule has 0 bridgehead atoms. The molecule has 0 atom stereocenters. The third-order valence-electron chi connectivity index (χ3n) is 3.97. The predicted octanol–water partition coefficient (Wildman–Crippen LogP) is 2.03. The van der Waals surface area contributed by atoms with Crippen LogP contribution in [0.3, 0.4) is 0 Å². The standard InChI is InChI=1S/C16H21NO3S/c1-2-16(11-7-12-16)17-21(19,20)15-10-4-3-8-14(15)9-5-6-13-18/h3-4,8,10,17-18H,2,6-7,11-13H2,1H3. The van der Waals surface area contributed by atoms with Crippen LogP contribution in [-0.2, 0) is 10.0 Å². The average molecular weight is 307 g/mol. The lowest BCUT2D eigenvalue weighted by molar-refractivity contribution is 0.214.